The van der Waals surface area contributed by atoms with Gasteiger partial charge in [-0.25, -0.2) is 4.79 Å². The van der Waals surface area contributed by atoms with Gasteiger partial charge >= 0.3 is 5.97 Å². The van der Waals surface area contributed by atoms with E-state index < -0.39 is 10.9 Å². The van der Waals surface area contributed by atoms with E-state index in [-0.39, 0.29) is 22.7 Å². The van der Waals surface area contributed by atoms with Crippen LogP contribution in [0.15, 0.2) is 18.2 Å². The average Bonchev–Trinajstić information content (AvgIpc) is 2.54. The van der Waals surface area contributed by atoms with Gasteiger partial charge in [-0.05, 0) is 24.8 Å². The van der Waals surface area contributed by atoms with Crippen molar-refractivity contribution in [3.8, 4) is 0 Å². The number of carbonyl (C=O) groups excluding carboxylic acids is 1. The SMILES string of the molecule is CN(CC1CCCCC1)C(=O)c1cc(C(=O)O)cc([N+](=O)[O-])c1. The number of hydrogen-bond donors (Lipinski definition) is 1. The lowest BCUT2D eigenvalue weighted by molar-refractivity contribution is -0.384. The summed E-state index contributed by atoms with van der Waals surface area (Å²) in [6, 6.07) is 3.28. The number of benzene rings is 1. The van der Waals surface area contributed by atoms with E-state index in [0.29, 0.717) is 12.5 Å². The first-order valence-electron chi connectivity index (χ1n) is 7.66. The van der Waals surface area contributed by atoms with Crippen LogP contribution in [0.25, 0.3) is 0 Å². The Kier molecular flexibility index (Phi) is 5.31. The number of carboxylic acid groups (broad SMARTS) is 1. The molecule has 7 nitrogen and oxygen atoms in total. The molecule has 1 aliphatic carbocycles. The number of non-ortho nitro benzene ring substituents is 1. The summed E-state index contributed by atoms with van der Waals surface area (Å²) in [6.45, 7) is 0.587. The van der Waals surface area contributed by atoms with Crippen LogP contribution in [-0.4, -0.2) is 40.4 Å². The molecular formula is C16H20N2O5. The second kappa shape index (κ2) is 7.21. The zero-order chi connectivity index (χ0) is 17.0. The Morgan fingerprint density at radius 3 is 2.39 bits per heavy atom. The maximum atomic E-state index is 12.5. The second-order valence-corrected chi connectivity index (χ2v) is 6.02. The van der Waals surface area contributed by atoms with Crippen LogP contribution < -0.4 is 0 Å². The Morgan fingerprint density at radius 2 is 1.83 bits per heavy atom. The minimum Gasteiger partial charge on any atom is -0.478 e. The molecule has 0 aliphatic heterocycles. The maximum absolute atomic E-state index is 12.5. The number of aromatic carboxylic acids is 1. The first-order chi connectivity index (χ1) is 10.9. The number of hydrogen-bond acceptors (Lipinski definition) is 4. The molecule has 7 heteroatoms. The number of carboxylic acids is 1. The van der Waals surface area contributed by atoms with E-state index in [0.717, 1.165) is 37.8 Å². The number of carbonyl (C=O) groups is 2. The van der Waals surface area contributed by atoms with E-state index in [1.807, 2.05) is 0 Å². The van der Waals surface area contributed by atoms with E-state index in [1.54, 1.807) is 7.05 Å². The van der Waals surface area contributed by atoms with Gasteiger partial charge in [0.1, 0.15) is 0 Å². The smallest absolute Gasteiger partial charge is 0.335 e. The quantitative estimate of drug-likeness (QED) is 0.664. The molecule has 0 radical (unpaired) electrons. The maximum Gasteiger partial charge on any atom is 0.335 e. The minimum atomic E-state index is -1.29. The molecule has 1 saturated carbocycles. The van der Waals surface area contributed by atoms with Gasteiger partial charge in [0.05, 0.1) is 10.5 Å². The third kappa shape index (κ3) is 4.28. The summed E-state index contributed by atoms with van der Waals surface area (Å²) in [5.41, 5.74) is -0.608. The van der Waals surface area contributed by atoms with E-state index >= 15 is 0 Å². The fraction of sp³-hybridized carbons (Fsp3) is 0.500. The molecule has 1 N–H and O–H groups in total. The van der Waals surface area contributed by atoms with Gasteiger partial charge in [0.25, 0.3) is 11.6 Å². The molecule has 23 heavy (non-hydrogen) atoms. The Bertz CT molecular complexity index is 591. The molecule has 2 rings (SSSR count). The largest absolute Gasteiger partial charge is 0.478 e. The Morgan fingerprint density at radius 1 is 1.22 bits per heavy atom. The first kappa shape index (κ1) is 16.9. The standard InChI is InChI=1S/C16H20N2O5/c1-17(10-11-5-3-2-4-6-11)15(19)12-7-13(16(20)21)9-14(8-12)18(22)23/h7-9,11H,2-6,10H2,1H3,(H,20,21). The average molecular weight is 320 g/mol. The molecule has 1 fully saturated rings. The molecule has 1 aromatic carbocycles. The normalized spacial score (nSPS) is 15.2. The zero-order valence-corrected chi connectivity index (χ0v) is 13.0. The van der Waals surface area contributed by atoms with Crippen LogP contribution in [0.1, 0.15) is 52.8 Å². The van der Waals surface area contributed by atoms with E-state index in [2.05, 4.69) is 0 Å². The highest BCUT2D eigenvalue weighted by atomic mass is 16.6. The van der Waals surface area contributed by atoms with Crippen molar-refractivity contribution >= 4 is 17.6 Å². The topological polar surface area (TPSA) is 101 Å². The van der Waals surface area contributed by atoms with E-state index in [4.69, 9.17) is 5.11 Å². The highest BCUT2D eigenvalue weighted by molar-refractivity contribution is 5.98. The van der Waals surface area contributed by atoms with Gasteiger partial charge in [0.2, 0.25) is 0 Å². The summed E-state index contributed by atoms with van der Waals surface area (Å²) in [5, 5.41) is 20.0. The highest BCUT2D eigenvalue weighted by Gasteiger charge is 2.22. The van der Waals surface area contributed by atoms with Crippen LogP contribution in [0, 0.1) is 16.0 Å². The van der Waals surface area contributed by atoms with Gasteiger partial charge in [-0.2, -0.15) is 0 Å². The number of amides is 1. The molecule has 0 unspecified atom stereocenters. The zero-order valence-electron chi connectivity index (χ0n) is 13.0. The Labute approximate surface area is 134 Å². The number of nitrogens with zero attached hydrogens (tertiary/aromatic N) is 2. The van der Waals surface area contributed by atoms with Crippen molar-refractivity contribution in [3.05, 3.63) is 39.4 Å². The van der Waals surface area contributed by atoms with Crippen molar-refractivity contribution in [2.45, 2.75) is 32.1 Å². The van der Waals surface area contributed by atoms with Crippen LogP contribution in [0.3, 0.4) is 0 Å². The molecular weight excluding hydrogens is 300 g/mol. The fourth-order valence-corrected chi connectivity index (χ4v) is 3.02. The van der Waals surface area contributed by atoms with Gasteiger partial charge < -0.3 is 10.0 Å². The van der Waals surface area contributed by atoms with Gasteiger partial charge in [-0.3, -0.25) is 14.9 Å². The lowest BCUT2D eigenvalue weighted by atomic mass is 9.89. The molecule has 1 amide bonds. The van der Waals surface area contributed by atoms with Crippen LogP contribution >= 0.6 is 0 Å². The molecule has 1 aromatic rings. The van der Waals surface area contributed by atoms with Crippen molar-refractivity contribution in [1.82, 2.24) is 4.90 Å². The van der Waals surface area contributed by atoms with Crippen molar-refractivity contribution in [3.63, 3.8) is 0 Å². The predicted molar refractivity (Wildman–Crippen MR) is 83.6 cm³/mol. The summed E-state index contributed by atoms with van der Waals surface area (Å²) in [6.07, 6.45) is 5.69. The third-order valence-electron chi connectivity index (χ3n) is 4.23. The monoisotopic (exact) mass is 320 g/mol. The summed E-state index contributed by atoms with van der Waals surface area (Å²) in [5.74, 6) is -1.24. The van der Waals surface area contributed by atoms with Crippen molar-refractivity contribution in [1.29, 1.82) is 0 Å². The lowest BCUT2D eigenvalue weighted by Crippen LogP contribution is -2.32. The fourth-order valence-electron chi connectivity index (χ4n) is 3.02. The summed E-state index contributed by atoms with van der Waals surface area (Å²) in [4.78, 5) is 35.3. The van der Waals surface area contributed by atoms with Gasteiger partial charge in [0.15, 0.2) is 0 Å². The van der Waals surface area contributed by atoms with Crippen molar-refractivity contribution in [2.24, 2.45) is 5.92 Å². The molecule has 0 heterocycles. The number of nitro benzene ring substituents is 1. The number of rotatable bonds is 5. The minimum absolute atomic E-state index is 0.0370. The number of nitro groups is 1. The summed E-state index contributed by atoms with van der Waals surface area (Å²) >= 11 is 0. The second-order valence-electron chi connectivity index (χ2n) is 6.02. The third-order valence-corrected chi connectivity index (χ3v) is 4.23. The van der Waals surface area contributed by atoms with Crippen molar-refractivity contribution < 1.29 is 19.6 Å². The Hall–Kier alpha value is -2.44. The van der Waals surface area contributed by atoms with Crippen LogP contribution in [0.4, 0.5) is 5.69 Å². The summed E-state index contributed by atoms with van der Waals surface area (Å²) in [7, 11) is 1.65. The molecule has 0 atom stereocenters. The van der Waals surface area contributed by atoms with E-state index in [9.17, 15) is 19.7 Å². The molecule has 124 valence electrons. The first-order valence-corrected chi connectivity index (χ1v) is 7.66. The van der Waals surface area contributed by atoms with Crippen LogP contribution in [0.5, 0.6) is 0 Å². The molecule has 1 aliphatic rings. The molecule has 0 saturated heterocycles. The molecule has 0 bridgehead atoms. The molecule has 0 spiro atoms. The lowest BCUT2D eigenvalue weighted by Gasteiger charge is -2.27. The van der Waals surface area contributed by atoms with Gasteiger partial charge in [-0.1, -0.05) is 19.3 Å². The van der Waals surface area contributed by atoms with Gasteiger partial charge in [0, 0.05) is 31.3 Å². The molecule has 0 aromatic heterocycles. The Balaban J connectivity index is 2.19. The van der Waals surface area contributed by atoms with E-state index in [1.165, 1.54) is 17.4 Å². The highest BCUT2D eigenvalue weighted by Crippen LogP contribution is 2.25. The van der Waals surface area contributed by atoms with Crippen molar-refractivity contribution in [2.75, 3.05) is 13.6 Å². The van der Waals surface area contributed by atoms with Crippen LogP contribution in [0.2, 0.25) is 0 Å². The predicted octanol–water partition coefficient (Wildman–Crippen LogP) is 2.95. The van der Waals surface area contributed by atoms with Crippen LogP contribution in [-0.2, 0) is 0 Å². The summed E-state index contributed by atoms with van der Waals surface area (Å²) < 4.78 is 0. The van der Waals surface area contributed by atoms with Gasteiger partial charge in [-0.15, -0.1) is 0 Å².